The molecule has 1 aromatic carbocycles. The molecule has 2 N–H and O–H groups in total. The van der Waals surface area contributed by atoms with Crippen molar-refractivity contribution in [1.29, 1.82) is 0 Å². The van der Waals surface area contributed by atoms with Crippen molar-refractivity contribution in [2.75, 3.05) is 5.32 Å². The Balaban J connectivity index is 2.12. The number of para-hydroxylation sites is 1. The molecule has 0 aromatic heterocycles. The smallest absolute Gasteiger partial charge is 0.380 e. The average molecular weight is 347 g/mol. The molecule has 1 aliphatic heterocycles. The summed E-state index contributed by atoms with van der Waals surface area (Å²) in [6.07, 6.45) is -6.27. The first kappa shape index (κ1) is 17.6. The maximum atomic E-state index is 12.8. The van der Waals surface area contributed by atoms with Crippen molar-refractivity contribution in [3.8, 4) is 0 Å². The fourth-order valence-corrected chi connectivity index (χ4v) is 3.12. The van der Waals surface area contributed by atoms with Crippen LogP contribution in [0.3, 0.4) is 0 Å². The van der Waals surface area contributed by atoms with Crippen molar-refractivity contribution in [2.45, 2.75) is 37.5 Å². The lowest BCUT2D eigenvalue weighted by Gasteiger charge is -2.29. The van der Waals surface area contributed by atoms with Gasteiger partial charge in [0, 0.05) is 11.7 Å². The molecule has 23 heavy (non-hydrogen) atoms. The number of nitrogens with one attached hydrogen (secondary N) is 1. The molecule has 1 aromatic rings. The summed E-state index contributed by atoms with van der Waals surface area (Å²) in [6.45, 7) is 3.27. The lowest BCUT2D eigenvalue weighted by Crippen LogP contribution is -2.45. The predicted molar refractivity (Wildman–Crippen MR) is 82.9 cm³/mol. The number of halogens is 3. The molecule has 0 saturated heterocycles. The lowest BCUT2D eigenvalue weighted by atomic mass is 10.2. The van der Waals surface area contributed by atoms with Crippen LogP contribution in [-0.4, -0.2) is 44.8 Å². The maximum absolute atomic E-state index is 12.8. The Hall–Kier alpha value is -1.74. The zero-order valence-electron chi connectivity index (χ0n) is 12.4. The van der Waals surface area contributed by atoms with Gasteiger partial charge in [-0.05, 0) is 26.0 Å². The van der Waals surface area contributed by atoms with Crippen LogP contribution in [0.1, 0.15) is 13.8 Å². The summed E-state index contributed by atoms with van der Waals surface area (Å²) in [5.74, 6) is -0.780. The highest BCUT2D eigenvalue weighted by atomic mass is 32.2. The van der Waals surface area contributed by atoms with Gasteiger partial charge < -0.3 is 10.4 Å². The van der Waals surface area contributed by atoms with E-state index >= 15 is 0 Å². The molecule has 0 fully saturated rings. The zero-order valence-corrected chi connectivity index (χ0v) is 13.2. The van der Waals surface area contributed by atoms with Gasteiger partial charge in [0.2, 0.25) is 0 Å². The van der Waals surface area contributed by atoms with Gasteiger partial charge in [-0.15, -0.1) is 0 Å². The molecule has 0 aliphatic carbocycles. The highest BCUT2D eigenvalue weighted by Crippen LogP contribution is 2.37. The van der Waals surface area contributed by atoms with Crippen LogP contribution in [0, 0.1) is 0 Å². The summed E-state index contributed by atoms with van der Waals surface area (Å²) >= 11 is 0.341. The molecule has 1 amide bonds. The van der Waals surface area contributed by atoms with Crippen LogP contribution in [0.4, 0.5) is 18.9 Å². The van der Waals surface area contributed by atoms with Crippen molar-refractivity contribution in [2.24, 2.45) is 5.10 Å². The number of hydrogen-bond donors (Lipinski definition) is 2. The van der Waals surface area contributed by atoms with Crippen LogP contribution in [0.5, 0.6) is 0 Å². The third kappa shape index (κ3) is 4.17. The number of aliphatic hydroxyl groups excluding tert-OH is 1. The van der Waals surface area contributed by atoms with Crippen LogP contribution in [-0.2, 0) is 4.79 Å². The van der Waals surface area contributed by atoms with Gasteiger partial charge in [0.15, 0.2) is 11.1 Å². The third-order valence-electron chi connectivity index (χ3n) is 3.05. The molecule has 1 heterocycles. The van der Waals surface area contributed by atoms with E-state index in [0.29, 0.717) is 17.4 Å². The fraction of sp³-hybridized carbons (Fsp3) is 0.429. The van der Waals surface area contributed by atoms with E-state index in [0.717, 1.165) is 5.01 Å². The Morgan fingerprint density at radius 1 is 1.35 bits per heavy atom. The summed E-state index contributed by atoms with van der Waals surface area (Å²) in [5.41, 5.74) is 0.451. The Labute approximate surface area is 135 Å². The molecule has 2 unspecified atom stereocenters. The minimum absolute atomic E-state index is 0.341. The number of hydrogen-bond acceptors (Lipinski definition) is 5. The third-order valence-corrected chi connectivity index (χ3v) is 4.30. The van der Waals surface area contributed by atoms with E-state index in [9.17, 15) is 23.1 Å². The number of hydrazone groups is 1. The van der Waals surface area contributed by atoms with Gasteiger partial charge in [0.1, 0.15) is 5.37 Å². The summed E-state index contributed by atoms with van der Waals surface area (Å²) in [4.78, 5) is 12.1. The van der Waals surface area contributed by atoms with Gasteiger partial charge in [-0.1, -0.05) is 30.0 Å². The Morgan fingerprint density at radius 3 is 2.48 bits per heavy atom. The van der Waals surface area contributed by atoms with E-state index in [2.05, 4.69) is 10.4 Å². The van der Waals surface area contributed by atoms with E-state index < -0.39 is 34.6 Å². The number of thioether (sulfide) groups is 1. The Kier molecular flexibility index (Phi) is 5.20. The standard InChI is InChI=1S/C14H16F3N3O2S/c1-8(2)20-12(23-13(19-20)14(15,16)17)10(21)11(22)18-9-6-4-3-5-7-9/h3-8,10,12,21H,1-2H3,(H,18,22). The molecule has 0 radical (unpaired) electrons. The molecule has 0 saturated carbocycles. The van der Waals surface area contributed by atoms with Gasteiger partial charge in [-0.25, -0.2) is 0 Å². The molecule has 0 bridgehead atoms. The molecule has 9 heteroatoms. The van der Waals surface area contributed by atoms with Crippen molar-refractivity contribution in [1.82, 2.24) is 5.01 Å². The van der Waals surface area contributed by atoms with Crippen LogP contribution in [0.2, 0.25) is 0 Å². The lowest BCUT2D eigenvalue weighted by molar-refractivity contribution is -0.125. The molecule has 5 nitrogen and oxygen atoms in total. The number of carbonyl (C=O) groups is 1. The van der Waals surface area contributed by atoms with Gasteiger partial charge in [0.05, 0.1) is 0 Å². The first-order chi connectivity index (χ1) is 10.7. The number of anilines is 1. The molecule has 1 aliphatic rings. The molecular weight excluding hydrogens is 331 g/mol. The number of rotatable bonds is 4. The van der Waals surface area contributed by atoms with Crippen LogP contribution < -0.4 is 5.32 Å². The molecule has 126 valence electrons. The molecule has 2 rings (SSSR count). The highest BCUT2D eigenvalue weighted by Gasteiger charge is 2.47. The normalized spacial score (nSPS) is 19.7. The zero-order chi connectivity index (χ0) is 17.2. The summed E-state index contributed by atoms with van der Waals surface area (Å²) in [7, 11) is 0. The minimum atomic E-state index is -4.61. The van der Waals surface area contributed by atoms with Gasteiger partial charge in [-0.2, -0.15) is 18.3 Å². The summed E-state index contributed by atoms with van der Waals surface area (Å²) < 4.78 is 38.5. The number of alkyl halides is 3. The largest absolute Gasteiger partial charge is 0.441 e. The topological polar surface area (TPSA) is 64.9 Å². The molecule has 0 spiro atoms. The number of carbonyl (C=O) groups excluding carboxylic acids is 1. The SMILES string of the molecule is CC(C)N1N=C(C(F)(F)F)SC1C(O)C(=O)Nc1ccccc1. The van der Waals surface area contributed by atoms with Crippen LogP contribution >= 0.6 is 11.8 Å². The van der Waals surface area contributed by atoms with Gasteiger partial charge >= 0.3 is 6.18 Å². The fourth-order valence-electron chi connectivity index (χ4n) is 1.96. The first-order valence-electron chi connectivity index (χ1n) is 6.85. The quantitative estimate of drug-likeness (QED) is 0.879. The Morgan fingerprint density at radius 2 is 1.96 bits per heavy atom. The number of aliphatic hydroxyl groups is 1. The molecular formula is C14H16F3N3O2S. The van der Waals surface area contributed by atoms with E-state index in [1.54, 1.807) is 44.2 Å². The van der Waals surface area contributed by atoms with Crippen molar-refractivity contribution >= 4 is 28.4 Å². The second kappa shape index (κ2) is 6.79. The van der Waals surface area contributed by atoms with Gasteiger partial charge in [-0.3, -0.25) is 9.80 Å². The summed E-state index contributed by atoms with van der Waals surface area (Å²) in [6, 6.07) is 7.97. The first-order valence-corrected chi connectivity index (χ1v) is 7.73. The number of benzene rings is 1. The summed E-state index contributed by atoms with van der Waals surface area (Å²) in [5, 5.41) is 15.0. The maximum Gasteiger partial charge on any atom is 0.441 e. The second-order valence-electron chi connectivity index (χ2n) is 5.19. The minimum Gasteiger partial charge on any atom is -0.380 e. The van der Waals surface area contributed by atoms with Crippen molar-refractivity contribution in [3.63, 3.8) is 0 Å². The average Bonchev–Trinajstić information content (AvgIpc) is 2.93. The Bertz CT molecular complexity index is 593. The predicted octanol–water partition coefficient (Wildman–Crippen LogP) is 2.65. The van der Waals surface area contributed by atoms with Gasteiger partial charge in [0.25, 0.3) is 5.91 Å². The van der Waals surface area contributed by atoms with E-state index in [1.807, 2.05) is 0 Å². The van der Waals surface area contributed by atoms with Crippen molar-refractivity contribution < 1.29 is 23.1 Å². The van der Waals surface area contributed by atoms with Crippen LogP contribution in [0.25, 0.3) is 0 Å². The monoisotopic (exact) mass is 347 g/mol. The van der Waals surface area contributed by atoms with E-state index in [-0.39, 0.29) is 0 Å². The highest BCUT2D eigenvalue weighted by molar-refractivity contribution is 8.14. The second-order valence-corrected chi connectivity index (χ2v) is 6.29. The number of amides is 1. The van der Waals surface area contributed by atoms with E-state index in [1.165, 1.54) is 0 Å². The molecule has 2 atom stereocenters. The van der Waals surface area contributed by atoms with Crippen LogP contribution in [0.15, 0.2) is 35.4 Å². The number of nitrogens with zero attached hydrogens (tertiary/aromatic N) is 2. The van der Waals surface area contributed by atoms with Crippen molar-refractivity contribution in [3.05, 3.63) is 30.3 Å². The van der Waals surface area contributed by atoms with E-state index in [4.69, 9.17) is 0 Å².